The SMILES string of the molecule is NCc1nc(-c2cccn2CCF)no1. The predicted molar refractivity (Wildman–Crippen MR) is 51.6 cm³/mol. The Bertz CT molecular complexity index is 437. The van der Waals surface area contributed by atoms with Gasteiger partial charge in [-0.2, -0.15) is 4.98 Å². The van der Waals surface area contributed by atoms with Crippen LogP contribution < -0.4 is 5.73 Å². The first-order valence-electron chi connectivity index (χ1n) is 4.59. The van der Waals surface area contributed by atoms with E-state index >= 15 is 0 Å². The minimum atomic E-state index is -0.427. The standard InChI is InChI=1S/C9H11FN4O/c10-3-5-14-4-1-2-7(14)9-12-8(6-11)15-13-9/h1-2,4H,3,5-6,11H2. The van der Waals surface area contributed by atoms with E-state index < -0.39 is 6.67 Å². The Hall–Kier alpha value is -1.69. The molecule has 0 saturated heterocycles. The van der Waals surface area contributed by atoms with Crippen molar-refractivity contribution in [1.29, 1.82) is 0 Å². The van der Waals surface area contributed by atoms with E-state index in [-0.39, 0.29) is 13.1 Å². The summed E-state index contributed by atoms with van der Waals surface area (Å²) in [4.78, 5) is 4.07. The quantitative estimate of drug-likeness (QED) is 0.816. The third-order valence-electron chi connectivity index (χ3n) is 2.03. The summed E-state index contributed by atoms with van der Waals surface area (Å²) in [6.45, 7) is 0.0644. The molecule has 5 nitrogen and oxygen atoms in total. The van der Waals surface area contributed by atoms with Gasteiger partial charge in [-0.15, -0.1) is 0 Å². The van der Waals surface area contributed by atoms with Gasteiger partial charge in [-0.05, 0) is 12.1 Å². The van der Waals surface area contributed by atoms with Gasteiger partial charge in [0.05, 0.1) is 18.8 Å². The third-order valence-corrected chi connectivity index (χ3v) is 2.03. The van der Waals surface area contributed by atoms with Crippen LogP contribution in [-0.2, 0) is 13.1 Å². The van der Waals surface area contributed by atoms with Gasteiger partial charge >= 0.3 is 0 Å². The number of hydrogen-bond donors (Lipinski definition) is 1. The van der Waals surface area contributed by atoms with Crippen LogP contribution in [0.2, 0.25) is 0 Å². The van der Waals surface area contributed by atoms with E-state index in [2.05, 4.69) is 10.1 Å². The van der Waals surface area contributed by atoms with Gasteiger partial charge in [0.15, 0.2) is 0 Å². The van der Waals surface area contributed by atoms with E-state index in [4.69, 9.17) is 10.3 Å². The molecule has 6 heteroatoms. The van der Waals surface area contributed by atoms with Gasteiger partial charge < -0.3 is 14.8 Å². The first kappa shape index (κ1) is 9.85. The zero-order chi connectivity index (χ0) is 10.7. The highest BCUT2D eigenvalue weighted by atomic mass is 19.1. The summed E-state index contributed by atoms with van der Waals surface area (Å²) >= 11 is 0. The second-order valence-corrected chi connectivity index (χ2v) is 2.99. The Morgan fingerprint density at radius 1 is 1.53 bits per heavy atom. The fourth-order valence-electron chi connectivity index (χ4n) is 1.34. The van der Waals surface area contributed by atoms with Crippen LogP contribution in [-0.4, -0.2) is 21.4 Å². The molecule has 0 aliphatic rings. The van der Waals surface area contributed by atoms with Crippen molar-refractivity contribution in [2.45, 2.75) is 13.1 Å². The molecule has 0 atom stereocenters. The average molecular weight is 210 g/mol. The minimum Gasteiger partial charge on any atom is -0.342 e. The fraction of sp³-hybridized carbons (Fsp3) is 0.333. The molecule has 2 aromatic rings. The summed E-state index contributed by atoms with van der Waals surface area (Å²) in [6, 6.07) is 3.62. The van der Waals surface area contributed by atoms with Crippen molar-refractivity contribution in [3.63, 3.8) is 0 Å². The molecule has 15 heavy (non-hydrogen) atoms. The van der Waals surface area contributed by atoms with Gasteiger partial charge in [0.25, 0.3) is 0 Å². The number of alkyl halides is 1. The van der Waals surface area contributed by atoms with E-state index in [1.807, 2.05) is 6.07 Å². The van der Waals surface area contributed by atoms with Crippen LogP contribution in [0.3, 0.4) is 0 Å². The van der Waals surface area contributed by atoms with Crippen LogP contribution in [0.4, 0.5) is 4.39 Å². The monoisotopic (exact) mass is 210 g/mol. The maximum absolute atomic E-state index is 12.2. The first-order chi connectivity index (χ1) is 7.35. The Balaban J connectivity index is 2.31. The van der Waals surface area contributed by atoms with E-state index in [1.165, 1.54) is 0 Å². The maximum atomic E-state index is 12.2. The van der Waals surface area contributed by atoms with Crippen LogP contribution in [0.25, 0.3) is 11.5 Å². The zero-order valence-electron chi connectivity index (χ0n) is 8.06. The predicted octanol–water partition coefficient (Wildman–Crippen LogP) is 0.966. The van der Waals surface area contributed by atoms with Gasteiger partial charge in [0.2, 0.25) is 11.7 Å². The van der Waals surface area contributed by atoms with Crippen LogP contribution in [0.5, 0.6) is 0 Å². The molecule has 2 rings (SSSR count). The van der Waals surface area contributed by atoms with Crippen molar-refractivity contribution in [2.24, 2.45) is 5.73 Å². The van der Waals surface area contributed by atoms with Gasteiger partial charge in [-0.1, -0.05) is 5.16 Å². The smallest absolute Gasteiger partial charge is 0.240 e. The lowest BCUT2D eigenvalue weighted by Crippen LogP contribution is -2.01. The molecule has 0 unspecified atom stereocenters. The third kappa shape index (κ3) is 1.89. The molecule has 0 aromatic carbocycles. The zero-order valence-corrected chi connectivity index (χ0v) is 8.06. The second kappa shape index (κ2) is 4.22. The summed E-state index contributed by atoms with van der Waals surface area (Å²) in [5.74, 6) is 0.812. The second-order valence-electron chi connectivity index (χ2n) is 2.99. The van der Waals surface area contributed by atoms with E-state index in [0.717, 1.165) is 5.69 Å². The summed E-state index contributed by atoms with van der Waals surface area (Å²) < 4.78 is 18.8. The summed E-state index contributed by atoms with van der Waals surface area (Å²) in [5, 5.41) is 3.76. The highest BCUT2D eigenvalue weighted by Gasteiger charge is 2.10. The van der Waals surface area contributed by atoms with Crippen molar-refractivity contribution < 1.29 is 8.91 Å². The topological polar surface area (TPSA) is 69.9 Å². The number of hydrogen-bond acceptors (Lipinski definition) is 4. The maximum Gasteiger partial charge on any atom is 0.240 e. The minimum absolute atomic E-state index is 0.205. The molecular formula is C9H11FN4O. The molecule has 2 aromatic heterocycles. The molecule has 0 spiro atoms. The largest absolute Gasteiger partial charge is 0.342 e. The molecule has 2 heterocycles. The van der Waals surface area contributed by atoms with E-state index in [9.17, 15) is 4.39 Å². The number of halogens is 1. The highest BCUT2D eigenvalue weighted by molar-refractivity contribution is 5.49. The Morgan fingerprint density at radius 3 is 3.07 bits per heavy atom. The Labute approximate surface area is 85.7 Å². The van der Waals surface area contributed by atoms with E-state index in [0.29, 0.717) is 11.7 Å². The summed E-state index contributed by atoms with van der Waals surface area (Å²) in [5.41, 5.74) is 6.08. The molecular weight excluding hydrogens is 199 g/mol. The van der Waals surface area contributed by atoms with Crippen molar-refractivity contribution in [2.75, 3.05) is 6.67 Å². The Morgan fingerprint density at radius 2 is 2.40 bits per heavy atom. The van der Waals surface area contributed by atoms with Gasteiger partial charge in [0.1, 0.15) is 6.67 Å². The van der Waals surface area contributed by atoms with Crippen molar-refractivity contribution in [3.05, 3.63) is 24.2 Å². The lowest BCUT2D eigenvalue weighted by molar-refractivity contribution is 0.380. The van der Waals surface area contributed by atoms with Crippen molar-refractivity contribution >= 4 is 0 Å². The molecule has 2 N–H and O–H groups in total. The normalized spacial score (nSPS) is 10.8. The lowest BCUT2D eigenvalue weighted by Gasteiger charge is -2.01. The van der Waals surface area contributed by atoms with Crippen molar-refractivity contribution in [3.8, 4) is 11.5 Å². The van der Waals surface area contributed by atoms with Crippen LogP contribution in [0, 0.1) is 0 Å². The van der Waals surface area contributed by atoms with Gasteiger partial charge in [-0.25, -0.2) is 4.39 Å². The molecule has 80 valence electrons. The van der Waals surface area contributed by atoms with Crippen molar-refractivity contribution in [1.82, 2.24) is 14.7 Å². The molecule has 0 bridgehead atoms. The number of rotatable bonds is 4. The molecule has 0 amide bonds. The molecule has 0 fully saturated rings. The highest BCUT2D eigenvalue weighted by Crippen LogP contribution is 2.16. The summed E-state index contributed by atoms with van der Waals surface area (Å²) in [6.07, 6.45) is 1.77. The van der Waals surface area contributed by atoms with Crippen LogP contribution in [0.1, 0.15) is 5.89 Å². The number of nitrogens with zero attached hydrogens (tertiary/aromatic N) is 3. The number of nitrogens with two attached hydrogens (primary N) is 1. The Kier molecular flexibility index (Phi) is 2.77. The first-order valence-corrected chi connectivity index (χ1v) is 4.59. The molecule has 0 saturated carbocycles. The van der Waals surface area contributed by atoms with Gasteiger partial charge in [-0.3, -0.25) is 0 Å². The average Bonchev–Trinajstić information content (AvgIpc) is 2.85. The molecule has 0 aliphatic heterocycles. The molecule has 0 aliphatic carbocycles. The summed E-state index contributed by atoms with van der Waals surface area (Å²) in [7, 11) is 0. The molecule has 0 radical (unpaired) electrons. The number of aromatic nitrogens is 3. The lowest BCUT2D eigenvalue weighted by atomic mass is 10.4. The van der Waals surface area contributed by atoms with Gasteiger partial charge in [0, 0.05) is 6.20 Å². The van der Waals surface area contributed by atoms with Crippen LogP contribution in [0.15, 0.2) is 22.9 Å². The fourth-order valence-corrected chi connectivity index (χ4v) is 1.34. The van der Waals surface area contributed by atoms with Crippen LogP contribution >= 0.6 is 0 Å². The van der Waals surface area contributed by atoms with E-state index in [1.54, 1.807) is 16.8 Å². The number of aryl methyl sites for hydroxylation is 1.